The first-order valence-electron chi connectivity index (χ1n) is 6.82. The van der Waals surface area contributed by atoms with Gasteiger partial charge in [0.05, 0.1) is 20.1 Å². The van der Waals surface area contributed by atoms with Crippen LogP contribution >= 0.6 is 0 Å². The van der Waals surface area contributed by atoms with Gasteiger partial charge in [-0.3, -0.25) is 4.79 Å². The second kappa shape index (κ2) is 6.61. The van der Waals surface area contributed by atoms with Crippen molar-refractivity contribution in [2.45, 2.75) is 13.0 Å². The third kappa shape index (κ3) is 3.22. The Morgan fingerprint density at radius 1 is 1.40 bits per heavy atom. The van der Waals surface area contributed by atoms with Crippen molar-refractivity contribution in [2.24, 2.45) is 5.92 Å². The summed E-state index contributed by atoms with van der Waals surface area (Å²) >= 11 is 0. The number of hydrogen-bond acceptors (Lipinski definition) is 4. The molecule has 2 rings (SSSR count). The molecular formula is C15H22N2O3. The molecule has 1 aromatic carbocycles. The molecule has 20 heavy (non-hydrogen) atoms. The quantitative estimate of drug-likeness (QED) is 0.881. The van der Waals surface area contributed by atoms with E-state index in [0.717, 1.165) is 36.6 Å². The monoisotopic (exact) mass is 278 g/mol. The summed E-state index contributed by atoms with van der Waals surface area (Å²) in [5.41, 5.74) is 0.982. The average Bonchev–Trinajstić information content (AvgIpc) is 3.00. The lowest BCUT2D eigenvalue weighted by molar-refractivity contribution is -0.134. The van der Waals surface area contributed by atoms with Crippen LogP contribution in [0.15, 0.2) is 18.2 Å². The third-order valence-electron chi connectivity index (χ3n) is 3.69. The minimum atomic E-state index is 0.101. The van der Waals surface area contributed by atoms with Gasteiger partial charge in [0.1, 0.15) is 11.5 Å². The van der Waals surface area contributed by atoms with E-state index in [1.165, 1.54) is 0 Å². The fourth-order valence-corrected chi connectivity index (χ4v) is 2.49. The normalized spacial score (nSPS) is 17.9. The highest BCUT2D eigenvalue weighted by Gasteiger charge is 2.25. The Morgan fingerprint density at radius 3 is 2.80 bits per heavy atom. The summed E-state index contributed by atoms with van der Waals surface area (Å²) in [5, 5.41) is 3.22. The van der Waals surface area contributed by atoms with Crippen molar-refractivity contribution in [2.75, 3.05) is 34.4 Å². The molecule has 1 aliphatic heterocycles. The molecule has 1 aliphatic rings. The van der Waals surface area contributed by atoms with Gasteiger partial charge in [-0.1, -0.05) is 0 Å². The first kappa shape index (κ1) is 14.7. The number of amides is 1. The van der Waals surface area contributed by atoms with E-state index in [-0.39, 0.29) is 11.8 Å². The van der Waals surface area contributed by atoms with Crippen LogP contribution in [0.4, 0.5) is 0 Å². The Hall–Kier alpha value is -1.75. The summed E-state index contributed by atoms with van der Waals surface area (Å²) in [6, 6.07) is 5.66. The Kier molecular flexibility index (Phi) is 4.84. The highest BCUT2D eigenvalue weighted by Crippen LogP contribution is 2.26. The lowest BCUT2D eigenvalue weighted by Gasteiger charge is -2.22. The Bertz CT molecular complexity index is 470. The number of methoxy groups -OCH3 is 2. The smallest absolute Gasteiger partial charge is 0.227 e. The minimum absolute atomic E-state index is 0.101. The first-order valence-corrected chi connectivity index (χ1v) is 6.82. The first-order chi connectivity index (χ1) is 9.65. The van der Waals surface area contributed by atoms with Gasteiger partial charge in [-0.25, -0.2) is 0 Å². The molecule has 1 saturated heterocycles. The third-order valence-corrected chi connectivity index (χ3v) is 3.69. The SMILES string of the molecule is COc1ccc(CN(C)C(=O)C2CCNC2)c(OC)c1. The molecule has 1 atom stereocenters. The van der Waals surface area contributed by atoms with Gasteiger partial charge in [0, 0.05) is 31.8 Å². The van der Waals surface area contributed by atoms with Crippen molar-refractivity contribution in [3.63, 3.8) is 0 Å². The number of carbonyl (C=O) groups excluding carboxylic acids is 1. The molecule has 1 fully saturated rings. The van der Waals surface area contributed by atoms with Crippen LogP contribution in [0.3, 0.4) is 0 Å². The molecule has 110 valence electrons. The second-order valence-electron chi connectivity index (χ2n) is 5.06. The number of nitrogens with one attached hydrogen (secondary N) is 1. The van der Waals surface area contributed by atoms with Crippen molar-refractivity contribution in [3.8, 4) is 11.5 Å². The molecule has 0 bridgehead atoms. The van der Waals surface area contributed by atoms with Crippen molar-refractivity contribution < 1.29 is 14.3 Å². The predicted molar refractivity (Wildman–Crippen MR) is 77.0 cm³/mol. The van der Waals surface area contributed by atoms with Gasteiger partial charge in [-0.2, -0.15) is 0 Å². The number of carbonyl (C=O) groups is 1. The minimum Gasteiger partial charge on any atom is -0.497 e. The highest BCUT2D eigenvalue weighted by atomic mass is 16.5. The molecule has 1 unspecified atom stereocenters. The topological polar surface area (TPSA) is 50.8 Å². The van der Waals surface area contributed by atoms with Crippen molar-refractivity contribution in [1.82, 2.24) is 10.2 Å². The standard InChI is InChI=1S/C15H22N2O3/c1-17(15(18)11-6-7-16-9-11)10-12-4-5-13(19-2)8-14(12)20-3/h4-5,8,11,16H,6-7,9-10H2,1-3H3. The van der Waals surface area contributed by atoms with Crippen LogP contribution in [0.1, 0.15) is 12.0 Å². The van der Waals surface area contributed by atoms with Crippen molar-refractivity contribution >= 4 is 5.91 Å². The highest BCUT2D eigenvalue weighted by molar-refractivity contribution is 5.79. The number of hydrogen-bond donors (Lipinski definition) is 1. The fraction of sp³-hybridized carbons (Fsp3) is 0.533. The second-order valence-corrected chi connectivity index (χ2v) is 5.06. The zero-order chi connectivity index (χ0) is 14.5. The largest absolute Gasteiger partial charge is 0.497 e. The molecule has 5 nitrogen and oxygen atoms in total. The molecule has 1 heterocycles. The van der Waals surface area contributed by atoms with E-state index in [1.807, 2.05) is 25.2 Å². The van der Waals surface area contributed by atoms with E-state index < -0.39 is 0 Å². The molecule has 0 spiro atoms. The molecular weight excluding hydrogens is 256 g/mol. The molecule has 1 amide bonds. The number of benzene rings is 1. The van der Waals surface area contributed by atoms with E-state index in [0.29, 0.717) is 6.54 Å². The van der Waals surface area contributed by atoms with E-state index >= 15 is 0 Å². The summed E-state index contributed by atoms with van der Waals surface area (Å²) in [6.07, 6.45) is 0.920. The molecule has 5 heteroatoms. The van der Waals surface area contributed by atoms with E-state index in [4.69, 9.17) is 9.47 Å². The van der Waals surface area contributed by atoms with E-state index in [9.17, 15) is 4.79 Å². The summed E-state index contributed by atoms with van der Waals surface area (Å²) in [4.78, 5) is 14.1. The maximum atomic E-state index is 12.3. The van der Waals surface area contributed by atoms with Crippen LogP contribution in [0.5, 0.6) is 11.5 Å². The molecule has 1 N–H and O–H groups in total. The van der Waals surface area contributed by atoms with Gasteiger partial charge in [-0.05, 0) is 25.1 Å². The zero-order valence-corrected chi connectivity index (χ0v) is 12.3. The Labute approximate surface area is 119 Å². The lowest BCUT2D eigenvalue weighted by atomic mass is 10.1. The van der Waals surface area contributed by atoms with Crippen molar-refractivity contribution in [3.05, 3.63) is 23.8 Å². The molecule has 0 radical (unpaired) electrons. The maximum Gasteiger partial charge on any atom is 0.227 e. The Balaban J connectivity index is 2.06. The van der Waals surface area contributed by atoms with Crippen LogP contribution in [0.25, 0.3) is 0 Å². The number of rotatable bonds is 5. The molecule has 1 aromatic rings. The predicted octanol–water partition coefficient (Wildman–Crippen LogP) is 1.27. The summed E-state index contributed by atoms with van der Waals surface area (Å²) < 4.78 is 10.5. The average molecular weight is 278 g/mol. The van der Waals surface area contributed by atoms with Crippen LogP contribution in [0, 0.1) is 5.92 Å². The zero-order valence-electron chi connectivity index (χ0n) is 12.3. The molecule has 0 saturated carbocycles. The van der Waals surface area contributed by atoms with Crippen LogP contribution < -0.4 is 14.8 Å². The van der Waals surface area contributed by atoms with Crippen molar-refractivity contribution in [1.29, 1.82) is 0 Å². The van der Waals surface area contributed by atoms with Gasteiger partial charge >= 0.3 is 0 Å². The fourth-order valence-electron chi connectivity index (χ4n) is 2.49. The lowest BCUT2D eigenvalue weighted by Crippen LogP contribution is -2.33. The van der Waals surface area contributed by atoms with Gasteiger partial charge < -0.3 is 19.7 Å². The van der Waals surface area contributed by atoms with Gasteiger partial charge in [-0.15, -0.1) is 0 Å². The van der Waals surface area contributed by atoms with Gasteiger partial charge in [0.25, 0.3) is 0 Å². The summed E-state index contributed by atoms with van der Waals surface area (Å²) in [5.74, 6) is 1.78. The number of nitrogens with zero attached hydrogens (tertiary/aromatic N) is 1. The number of ether oxygens (including phenoxy) is 2. The van der Waals surface area contributed by atoms with Gasteiger partial charge in [0.15, 0.2) is 0 Å². The van der Waals surface area contributed by atoms with Gasteiger partial charge in [0.2, 0.25) is 5.91 Å². The Morgan fingerprint density at radius 2 is 2.20 bits per heavy atom. The van der Waals surface area contributed by atoms with Crippen LogP contribution in [0.2, 0.25) is 0 Å². The van der Waals surface area contributed by atoms with Crippen LogP contribution in [-0.2, 0) is 11.3 Å². The molecule has 0 aliphatic carbocycles. The van der Waals surface area contributed by atoms with E-state index in [1.54, 1.807) is 19.1 Å². The molecule has 0 aromatic heterocycles. The summed E-state index contributed by atoms with van der Waals surface area (Å²) in [7, 11) is 5.09. The maximum absolute atomic E-state index is 12.3. The van der Waals surface area contributed by atoms with Crippen LogP contribution in [-0.4, -0.2) is 45.2 Å². The van der Waals surface area contributed by atoms with E-state index in [2.05, 4.69) is 5.32 Å². The summed E-state index contributed by atoms with van der Waals surface area (Å²) in [6.45, 7) is 2.25.